The summed E-state index contributed by atoms with van der Waals surface area (Å²) in [6.07, 6.45) is 1.42. The Morgan fingerprint density at radius 1 is 1.10 bits per heavy atom. The van der Waals surface area contributed by atoms with Crippen molar-refractivity contribution < 1.29 is 19.1 Å². The fourth-order valence-electron chi connectivity index (χ4n) is 2.72. The van der Waals surface area contributed by atoms with Gasteiger partial charge < -0.3 is 14.4 Å². The number of amides is 1. The van der Waals surface area contributed by atoms with Gasteiger partial charge in [0.2, 0.25) is 0 Å². The molecule has 0 fully saturated rings. The lowest BCUT2D eigenvalue weighted by Gasteiger charge is -2.26. The average Bonchev–Trinajstić information content (AvgIpc) is 2.72. The van der Waals surface area contributed by atoms with Gasteiger partial charge >= 0.3 is 5.97 Å². The highest BCUT2D eigenvalue weighted by Gasteiger charge is 2.21. The molecule has 0 heterocycles. The molecular formula is C23H24N2O4. The molecule has 0 saturated carbocycles. The van der Waals surface area contributed by atoms with Crippen LogP contribution in [0.4, 0.5) is 5.69 Å². The first-order valence-electron chi connectivity index (χ1n) is 9.35. The number of benzene rings is 2. The van der Waals surface area contributed by atoms with E-state index in [4.69, 9.17) is 9.47 Å². The quantitative estimate of drug-likeness (QED) is 0.386. The third kappa shape index (κ3) is 6.22. The number of carbonyl (C=O) groups is 2. The van der Waals surface area contributed by atoms with Crippen LogP contribution in [0, 0.1) is 11.3 Å². The third-order valence-electron chi connectivity index (χ3n) is 3.99. The van der Waals surface area contributed by atoms with Crippen molar-refractivity contribution in [2.24, 2.45) is 0 Å². The van der Waals surface area contributed by atoms with Crippen LogP contribution >= 0.6 is 0 Å². The predicted molar refractivity (Wildman–Crippen MR) is 111 cm³/mol. The average molecular weight is 392 g/mol. The fraction of sp³-hybridized carbons (Fsp3) is 0.261. The molecule has 0 unspecified atom stereocenters. The molecule has 0 aromatic heterocycles. The summed E-state index contributed by atoms with van der Waals surface area (Å²) in [7, 11) is 0. The lowest BCUT2D eigenvalue weighted by atomic mass is 10.1. The van der Waals surface area contributed by atoms with Gasteiger partial charge in [-0.25, -0.2) is 4.79 Å². The maximum atomic E-state index is 12.6. The number of nitrogens with zero attached hydrogens (tertiary/aromatic N) is 2. The van der Waals surface area contributed by atoms with Crippen molar-refractivity contribution in [3.63, 3.8) is 0 Å². The molecule has 0 spiro atoms. The minimum Gasteiger partial charge on any atom is -0.494 e. The van der Waals surface area contributed by atoms with Crippen LogP contribution in [-0.2, 0) is 14.3 Å². The second kappa shape index (κ2) is 10.7. The second-order valence-corrected chi connectivity index (χ2v) is 6.44. The van der Waals surface area contributed by atoms with E-state index < -0.39 is 12.6 Å². The maximum absolute atomic E-state index is 12.6. The van der Waals surface area contributed by atoms with Gasteiger partial charge in [-0.15, -0.1) is 0 Å². The van der Waals surface area contributed by atoms with E-state index in [1.54, 1.807) is 29.2 Å². The van der Waals surface area contributed by atoms with Gasteiger partial charge in [0.1, 0.15) is 17.4 Å². The van der Waals surface area contributed by atoms with Crippen molar-refractivity contribution >= 4 is 23.6 Å². The van der Waals surface area contributed by atoms with Gasteiger partial charge in [0.15, 0.2) is 6.61 Å². The van der Waals surface area contributed by atoms with E-state index >= 15 is 0 Å². The number of ether oxygens (including phenoxy) is 2. The largest absolute Gasteiger partial charge is 0.494 e. The second-order valence-electron chi connectivity index (χ2n) is 6.44. The zero-order chi connectivity index (χ0) is 21.2. The molecule has 0 radical (unpaired) electrons. The summed E-state index contributed by atoms with van der Waals surface area (Å²) in [5.74, 6) is -0.504. The van der Waals surface area contributed by atoms with Gasteiger partial charge in [-0.1, -0.05) is 30.3 Å². The van der Waals surface area contributed by atoms with E-state index in [-0.39, 0.29) is 17.5 Å². The molecule has 0 aliphatic rings. The first-order valence-corrected chi connectivity index (χ1v) is 9.35. The number of anilines is 1. The Bertz CT molecular complexity index is 897. The first-order chi connectivity index (χ1) is 14.0. The number of hydrogen-bond acceptors (Lipinski definition) is 5. The van der Waals surface area contributed by atoms with Crippen molar-refractivity contribution in [3.05, 3.63) is 65.7 Å². The summed E-state index contributed by atoms with van der Waals surface area (Å²) in [5, 5.41) is 9.30. The minimum atomic E-state index is -0.841. The fourth-order valence-corrected chi connectivity index (χ4v) is 2.72. The van der Waals surface area contributed by atoms with Gasteiger partial charge in [-0.05, 0) is 56.7 Å². The Morgan fingerprint density at radius 3 is 2.31 bits per heavy atom. The van der Waals surface area contributed by atoms with Crippen molar-refractivity contribution in [2.75, 3.05) is 18.1 Å². The topological polar surface area (TPSA) is 79.6 Å². The number of para-hydroxylation sites is 1. The van der Waals surface area contributed by atoms with E-state index in [0.29, 0.717) is 23.6 Å². The molecule has 0 N–H and O–H groups in total. The van der Waals surface area contributed by atoms with E-state index in [1.807, 2.05) is 57.2 Å². The SMILES string of the molecule is CCOc1ccc(/C=C(\C#N)C(=O)OCC(=O)N(c2ccccc2)C(C)C)cc1. The molecule has 29 heavy (non-hydrogen) atoms. The Labute approximate surface area is 171 Å². The van der Waals surface area contributed by atoms with Crippen LogP contribution in [0.1, 0.15) is 26.3 Å². The lowest BCUT2D eigenvalue weighted by Crippen LogP contribution is -2.40. The number of carbonyl (C=O) groups excluding carboxylic acids is 2. The Morgan fingerprint density at radius 2 is 1.76 bits per heavy atom. The minimum absolute atomic E-state index is 0.113. The molecular weight excluding hydrogens is 368 g/mol. The molecule has 150 valence electrons. The molecule has 2 aromatic rings. The van der Waals surface area contributed by atoms with Gasteiger partial charge in [0, 0.05) is 11.7 Å². The highest BCUT2D eigenvalue weighted by molar-refractivity contribution is 6.00. The van der Waals surface area contributed by atoms with Crippen molar-refractivity contribution in [1.29, 1.82) is 5.26 Å². The van der Waals surface area contributed by atoms with Crippen LogP contribution < -0.4 is 9.64 Å². The van der Waals surface area contributed by atoms with E-state index in [2.05, 4.69) is 0 Å². The van der Waals surface area contributed by atoms with Crippen LogP contribution in [0.3, 0.4) is 0 Å². The molecule has 6 nitrogen and oxygen atoms in total. The van der Waals surface area contributed by atoms with Crippen LogP contribution in [0.15, 0.2) is 60.2 Å². The summed E-state index contributed by atoms with van der Waals surface area (Å²) in [4.78, 5) is 26.4. The number of esters is 1. The van der Waals surface area contributed by atoms with Gasteiger partial charge in [-0.2, -0.15) is 5.26 Å². The molecule has 0 aliphatic carbocycles. The predicted octanol–water partition coefficient (Wildman–Crippen LogP) is 3.98. The molecule has 6 heteroatoms. The molecule has 0 bridgehead atoms. The summed E-state index contributed by atoms with van der Waals surface area (Å²) >= 11 is 0. The van der Waals surface area contributed by atoms with Gasteiger partial charge in [0.05, 0.1) is 6.61 Å². The molecule has 0 atom stereocenters. The van der Waals surface area contributed by atoms with Gasteiger partial charge in [-0.3, -0.25) is 4.79 Å². The normalized spacial score (nSPS) is 10.9. The zero-order valence-corrected chi connectivity index (χ0v) is 16.8. The Hall–Kier alpha value is -3.59. The van der Waals surface area contributed by atoms with Gasteiger partial charge in [0.25, 0.3) is 5.91 Å². The van der Waals surface area contributed by atoms with Crippen LogP contribution in [0.5, 0.6) is 5.75 Å². The van der Waals surface area contributed by atoms with Crippen molar-refractivity contribution in [1.82, 2.24) is 0 Å². The monoisotopic (exact) mass is 392 g/mol. The number of rotatable bonds is 8. The number of nitriles is 1. The summed E-state index contributed by atoms with van der Waals surface area (Å²) < 4.78 is 10.5. The molecule has 1 amide bonds. The highest BCUT2D eigenvalue weighted by atomic mass is 16.5. The van der Waals surface area contributed by atoms with Crippen molar-refractivity contribution in [2.45, 2.75) is 26.8 Å². The maximum Gasteiger partial charge on any atom is 0.349 e. The van der Waals surface area contributed by atoms with E-state index in [1.165, 1.54) is 6.08 Å². The van der Waals surface area contributed by atoms with Crippen molar-refractivity contribution in [3.8, 4) is 11.8 Å². The summed E-state index contributed by atoms with van der Waals surface area (Å²) in [6.45, 7) is 5.74. The standard InChI is InChI=1S/C23H24N2O4/c1-4-28-21-12-10-18(11-13-21)14-19(15-24)23(27)29-16-22(26)25(17(2)3)20-8-6-5-7-9-20/h5-14,17H,4,16H2,1-3H3/b19-14+. The van der Waals surface area contributed by atoms with Crippen LogP contribution in [0.2, 0.25) is 0 Å². The third-order valence-corrected chi connectivity index (χ3v) is 3.99. The zero-order valence-electron chi connectivity index (χ0n) is 16.8. The van der Waals surface area contributed by atoms with E-state index in [0.717, 1.165) is 0 Å². The van der Waals surface area contributed by atoms with E-state index in [9.17, 15) is 14.9 Å². The molecule has 2 rings (SSSR count). The highest BCUT2D eigenvalue weighted by Crippen LogP contribution is 2.18. The Kier molecular flexibility index (Phi) is 7.99. The first kappa shape index (κ1) is 21.7. The summed E-state index contributed by atoms with van der Waals surface area (Å²) in [5.41, 5.74) is 1.19. The summed E-state index contributed by atoms with van der Waals surface area (Å²) in [6, 6.07) is 17.8. The lowest BCUT2D eigenvalue weighted by molar-refractivity contribution is -0.143. The van der Waals surface area contributed by atoms with Crippen LogP contribution in [0.25, 0.3) is 6.08 Å². The Balaban J connectivity index is 2.05. The molecule has 0 aliphatic heterocycles. The smallest absolute Gasteiger partial charge is 0.349 e. The van der Waals surface area contributed by atoms with Crippen LogP contribution in [-0.4, -0.2) is 31.1 Å². The molecule has 0 saturated heterocycles. The molecule has 2 aromatic carbocycles. The number of hydrogen-bond donors (Lipinski definition) is 0.